The Morgan fingerprint density at radius 3 is 2.21 bits per heavy atom. The van der Waals surface area contributed by atoms with Crippen molar-refractivity contribution in [3.05, 3.63) is 101 Å². The van der Waals surface area contributed by atoms with Gasteiger partial charge in [0.15, 0.2) is 5.78 Å². The van der Waals surface area contributed by atoms with E-state index in [1.807, 2.05) is 30.3 Å². The Bertz CT molecular complexity index is 1530. The fourth-order valence-corrected chi connectivity index (χ4v) is 5.86. The average molecular weight is 473 g/mol. The van der Waals surface area contributed by atoms with Gasteiger partial charge < -0.3 is 4.57 Å². The zero-order valence-corrected chi connectivity index (χ0v) is 19.4. The van der Waals surface area contributed by atoms with E-state index in [1.165, 1.54) is 27.2 Å². The van der Waals surface area contributed by atoms with Gasteiger partial charge in [0.05, 0.1) is 11.4 Å². The maximum absolute atomic E-state index is 12.9. The van der Waals surface area contributed by atoms with E-state index in [2.05, 4.69) is 24.3 Å². The standard InChI is InChI=1S/C27H24N2O4S/c30-26(19-28-18-25(13-14-27(28)31)34(32,33)29-15-3-4-16-29)22-10-7-21(8-11-22)24-12-9-20-5-1-2-6-23(20)17-24/h1-2,5-14,17-18H,3-4,15-16,19H2. The van der Waals surface area contributed by atoms with E-state index in [4.69, 9.17) is 0 Å². The zero-order chi connectivity index (χ0) is 23.7. The van der Waals surface area contributed by atoms with Crippen molar-refractivity contribution in [2.24, 2.45) is 0 Å². The van der Waals surface area contributed by atoms with Crippen molar-refractivity contribution < 1.29 is 13.2 Å². The number of hydrogen-bond acceptors (Lipinski definition) is 4. The summed E-state index contributed by atoms with van der Waals surface area (Å²) in [5.41, 5.74) is 2.08. The quantitative estimate of drug-likeness (QED) is 0.391. The van der Waals surface area contributed by atoms with Crippen LogP contribution in [0, 0.1) is 0 Å². The third kappa shape index (κ3) is 4.32. The summed E-state index contributed by atoms with van der Waals surface area (Å²) in [4.78, 5) is 25.3. The molecule has 1 saturated heterocycles. The van der Waals surface area contributed by atoms with Gasteiger partial charge in [0, 0.05) is 30.9 Å². The molecular formula is C27H24N2O4S. The van der Waals surface area contributed by atoms with Crippen LogP contribution in [0.3, 0.4) is 0 Å². The van der Waals surface area contributed by atoms with E-state index in [0.717, 1.165) is 34.7 Å². The van der Waals surface area contributed by atoms with Gasteiger partial charge in [0.1, 0.15) is 0 Å². The molecule has 0 bridgehead atoms. The number of carbonyl (C=O) groups excluding carboxylic acids is 1. The summed E-state index contributed by atoms with van der Waals surface area (Å²) in [6, 6.07) is 24.1. The number of fused-ring (bicyclic) bond motifs is 1. The van der Waals surface area contributed by atoms with Crippen LogP contribution in [0.15, 0.2) is 94.7 Å². The van der Waals surface area contributed by atoms with Crippen LogP contribution in [-0.4, -0.2) is 36.2 Å². The summed E-state index contributed by atoms with van der Waals surface area (Å²) in [5, 5.41) is 2.31. The van der Waals surface area contributed by atoms with Gasteiger partial charge in [-0.3, -0.25) is 9.59 Å². The zero-order valence-electron chi connectivity index (χ0n) is 18.6. The number of hydrogen-bond donors (Lipinski definition) is 0. The number of Topliss-reactive ketones (excluding diaryl/α,β-unsaturated/α-hetero) is 1. The van der Waals surface area contributed by atoms with Gasteiger partial charge in [-0.25, -0.2) is 8.42 Å². The molecule has 0 atom stereocenters. The summed E-state index contributed by atoms with van der Waals surface area (Å²) >= 11 is 0. The Hall–Kier alpha value is -3.55. The molecule has 0 amide bonds. The molecule has 4 aromatic rings. The van der Waals surface area contributed by atoms with Crippen LogP contribution in [0.4, 0.5) is 0 Å². The van der Waals surface area contributed by atoms with Gasteiger partial charge in [-0.15, -0.1) is 0 Å². The first-order chi connectivity index (χ1) is 16.4. The first kappa shape index (κ1) is 22.3. The molecule has 172 valence electrons. The molecule has 7 heteroatoms. The van der Waals surface area contributed by atoms with Gasteiger partial charge in [-0.2, -0.15) is 4.31 Å². The fourth-order valence-electron chi connectivity index (χ4n) is 4.33. The van der Waals surface area contributed by atoms with Crippen LogP contribution < -0.4 is 5.56 Å². The first-order valence-electron chi connectivity index (χ1n) is 11.2. The lowest BCUT2D eigenvalue weighted by Crippen LogP contribution is -2.30. The van der Waals surface area contributed by atoms with Crippen LogP contribution in [0.2, 0.25) is 0 Å². The molecule has 5 rings (SSSR count). The molecule has 1 aliphatic rings. The number of nitrogens with zero attached hydrogens (tertiary/aromatic N) is 2. The Kier molecular flexibility index (Phi) is 5.89. The van der Waals surface area contributed by atoms with E-state index in [-0.39, 0.29) is 17.2 Å². The molecular weight excluding hydrogens is 448 g/mol. The van der Waals surface area contributed by atoms with Crippen molar-refractivity contribution in [1.29, 1.82) is 0 Å². The van der Waals surface area contributed by atoms with Gasteiger partial charge >= 0.3 is 0 Å². The van der Waals surface area contributed by atoms with Crippen molar-refractivity contribution in [3.63, 3.8) is 0 Å². The predicted molar refractivity (Wildman–Crippen MR) is 132 cm³/mol. The SMILES string of the molecule is O=C(Cn1cc(S(=O)(=O)N2CCCC2)ccc1=O)c1ccc(-c2ccc3ccccc3c2)cc1. The Labute approximate surface area is 198 Å². The Balaban J connectivity index is 1.36. The number of aromatic nitrogens is 1. The number of ketones is 1. The Morgan fingerprint density at radius 2 is 1.47 bits per heavy atom. The maximum Gasteiger partial charge on any atom is 0.251 e. The van der Waals surface area contributed by atoms with Crippen molar-refractivity contribution in [2.45, 2.75) is 24.3 Å². The van der Waals surface area contributed by atoms with E-state index < -0.39 is 15.6 Å². The summed E-state index contributed by atoms with van der Waals surface area (Å²) in [5.74, 6) is -0.261. The minimum Gasteiger partial charge on any atom is -0.306 e. The van der Waals surface area contributed by atoms with E-state index >= 15 is 0 Å². The number of rotatable bonds is 6. The summed E-state index contributed by atoms with van der Waals surface area (Å²) < 4.78 is 28.3. The highest BCUT2D eigenvalue weighted by Gasteiger charge is 2.27. The average Bonchev–Trinajstić information content (AvgIpc) is 3.41. The molecule has 0 radical (unpaired) electrons. The highest BCUT2D eigenvalue weighted by molar-refractivity contribution is 7.89. The van der Waals surface area contributed by atoms with Crippen molar-refractivity contribution in [1.82, 2.24) is 8.87 Å². The van der Waals surface area contributed by atoms with Crippen molar-refractivity contribution in [2.75, 3.05) is 13.1 Å². The molecule has 0 N–H and O–H groups in total. The second-order valence-corrected chi connectivity index (χ2v) is 10.4. The molecule has 1 aliphatic heterocycles. The molecule has 2 heterocycles. The smallest absolute Gasteiger partial charge is 0.251 e. The number of carbonyl (C=O) groups is 1. The highest BCUT2D eigenvalue weighted by Crippen LogP contribution is 2.25. The van der Waals surface area contributed by atoms with Gasteiger partial charge in [0.2, 0.25) is 10.0 Å². The maximum atomic E-state index is 12.9. The molecule has 1 fully saturated rings. The first-order valence-corrected chi connectivity index (χ1v) is 12.7. The third-order valence-corrected chi connectivity index (χ3v) is 8.14. The normalized spacial score (nSPS) is 14.5. The van der Waals surface area contributed by atoms with Gasteiger partial charge in [-0.1, -0.05) is 60.7 Å². The molecule has 3 aromatic carbocycles. The monoisotopic (exact) mass is 472 g/mol. The van der Waals surface area contributed by atoms with Crippen LogP contribution in [0.5, 0.6) is 0 Å². The number of benzene rings is 3. The lowest BCUT2D eigenvalue weighted by atomic mass is 9.99. The second kappa shape index (κ2) is 9.00. The summed E-state index contributed by atoms with van der Waals surface area (Å²) in [6.07, 6.45) is 2.93. The molecule has 1 aromatic heterocycles. The van der Waals surface area contributed by atoms with Crippen LogP contribution in [0.1, 0.15) is 23.2 Å². The lowest BCUT2D eigenvalue weighted by molar-refractivity contribution is 0.0970. The summed E-state index contributed by atoms with van der Waals surface area (Å²) in [6.45, 7) is 0.728. The van der Waals surface area contributed by atoms with Crippen molar-refractivity contribution in [3.8, 4) is 11.1 Å². The molecule has 0 saturated carbocycles. The molecule has 0 unspecified atom stereocenters. The number of pyridine rings is 1. The fraction of sp³-hybridized carbons (Fsp3) is 0.185. The summed E-state index contributed by atoms with van der Waals surface area (Å²) in [7, 11) is -3.67. The molecule has 0 spiro atoms. The largest absolute Gasteiger partial charge is 0.306 e. The predicted octanol–water partition coefficient (Wildman–Crippen LogP) is 4.34. The minimum atomic E-state index is -3.67. The second-order valence-electron chi connectivity index (χ2n) is 8.50. The topological polar surface area (TPSA) is 76.5 Å². The van der Waals surface area contributed by atoms with E-state index in [0.29, 0.717) is 18.7 Å². The van der Waals surface area contributed by atoms with Crippen molar-refractivity contribution >= 4 is 26.6 Å². The van der Waals surface area contributed by atoms with E-state index in [9.17, 15) is 18.0 Å². The van der Waals surface area contributed by atoms with E-state index in [1.54, 1.807) is 12.1 Å². The highest BCUT2D eigenvalue weighted by atomic mass is 32.2. The molecule has 0 aliphatic carbocycles. The number of sulfonamides is 1. The van der Waals surface area contributed by atoms with Crippen LogP contribution in [-0.2, 0) is 16.6 Å². The van der Waals surface area contributed by atoms with Gasteiger partial charge in [0.25, 0.3) is 5.56 Å². The minimum absolute atomic E-state index is 0.0356. The molecule has 34 heavy (non-hydrogen) atoms. The molecule has 6 nitrogen and oxygen atoms in total. The third-order valence-electron chi connectivity index (χ3n) is 6.26. The van der Waals surface area contributed by atoms with Crippen LogP contribution >= 0.6 is 0 Å². The van der Waals surface area contributed by atoms with Gasteiger partial charge in [-0.05, 0) is 46.9 Å². The lowest BCUT2D eigenvalue weighted by Gasteiger charge is -2.16. The Morgan fingerprint density at radius 1 is 0.794 bits per heavy atom. The van der Waals surface area contributed by atoms with Crippen LogP contribution in [0.25, 0.3) is 21.9 Å².